The summed E-state index contributed by atoms with van der Waals surface area (Å²) in [7, 11) is 0. The van der Waals surface area contributed by atoms with Crippen LogP contribution in [0.3, 0.4) is 0 Å². The van der Waals surface area contributed by atoms with Crippen LogP contribution >= 0.6 is 0 Å². The number of nitrogens with two attached hydrogens (primary N) is 1. The Kier molecular flexibility index (Phi) is 3.71. The molecule has 1 aromatic carbocycles. The number of rotatable bonds is 3. The maximum Gasteiger partial charge on any atom is 0.322 e. The van der Waals surface area contributed by atoms with E-state index in [1.54, 1.807) is 0 Å². The van der Waals surface area contributed by atoms with Crippen molar-refractivity contribution in [2.75, 3.05) is 18.4 Å². The Morgan fingerprint density at radius 3 is 2.74 bits per heavy atom. The molecule has 19 heavy (non-hydrogen) atoms. The van der Waals surface area contributed by atoms with Crippen molar-refractivity contribution in [3.8, 4) is 0 Å². The number of amides is 2. The quantitative estimate of drug-likeness (QED) is 0.884. The van der Waals surface area contributed by atoms with Crippen molar-refractivity contribution in [1.82, 2.24) is 4.90 Å². The van der Waals surface area contributed by atoms with Crippen molar-refractivity contribution in [3.05, 3.63) is 29.8 Å². The fraction of sp³-hybridized carbons (Fsp3) is 0.462. The normalized spacial score (nSPS) is 16.9. The third-order valence-electron chi connectivity index (χ3n) is 3.22. The number of carbonyl (C=O) groups is 1. The Bertz CT molecular complexity index is 487. The van der Waals surface area contributed by atoms with Crippen molar-refractivity contribution >= 4 is 11.7 Å². The molecule has 0 aliphatic carbocycles. The molecular formula is C13H17F2N3O. The summed E-state index contributed by atoms with van der Waals surface area (Å²) in [6, 6.07) is 2.61. The summed E-state index contributed by atoms with van der Waals surface area (Å²) in [4.78, 5) is 13.3. The first-order valence-electron chi connectivity index (χ1n) is 6.23. The van der Waals surface area contributed by atoms with Gasteiger partial charge in [-0.1, -0.05) is 13.3 Å². The molecule has 1 aliphatic rings. The van der Waals surface area contributed by atoms with E-state index in [4.69, 9.17) is 5.73 Å². The summed E-state index contributed by atoms with van der Waals surface area (Å²) in [5.41, 5.74) is 5.68. The van der Waals surface area contributed by atoms with Crippen LogP contribution in [-0.2, 0) is 0 Å². The van der Waals surface area contributed by atoms with Crippen LogP contribution < -0.4 is 11.1 Å². The lowest BCUT2D eigenvalue weighted by Gasteiger charge is -2.47. The zero-order valence-electron chi connectivity index (χ0n) is 10.7. The lowest BCUT2D eigenvalue weighted by atomic mass is 9.87. The maximum atomic E-state index is 13.4. The predicted octanol–water partition coefficient (Wildman–Crippen LogP) is 2.31. The molecule has 1 fully saturated rings. The van der Waals surface area contributed by atoms with Crippen LogP contribution in [0.15, 0.2) is 18.2 Å². The largest absolute Gasteiger partial charge is 0.322 e. The Hall–Kier alpha value is -1.69. The van der Waals surface area contributed by atoms with Gasteiger partial charge in [-0.2, -0.15) is 0 Å². The monoisotopic (exact) mass is 269 g/mol. The number of hydrogen-bond donors (Lipinski definition) is 2. The first-order chi connectivity index (χ1) is 8.93. The van der Waals surface area contributed by atoms with Gasteiger partial charge in [-0.15, -0.1) is 0 Å². The number of nitrogens with one attached hydrogen (secondary N) is 1. The van der Waals surface area contributed by atoms with E-state index < -0.39 is 17.7 Å². The number of carbonyl (C=O) groups excluding carboxylic acids is 1. The third-order valence-corrected chi connectivity index (χ3v) is 3.22. The van der Waals surface area contributed by atoms with E-state index in [1.807, 2.05) is 6.92 Å². The summed E-state index contributed by atoms with van der Waals surface area (Å²) in [5, 5.41) is 2.41. The lowest BCUT2D eigenvalue weighted by molar-refractivity contribution is 0.0979. The Labute approximate surface area is 110 Å². The number of hydrogen-bond acceptors (Lipinski definition) is 2. The van der Waals surface area contributed by atoms with Gasteiger partial charge in [0.1, 0.15) is 11.6 Å². The predicted molar refractivity (Wildman–Crippen MR) is 68.8 cm³/mol. The van der Waals surface area contributed by atoms with E-state index in [1.165, 1.54) is 11.0 Å². The summed E-state index contributed by atoms with van der Waals surface area (Å²) in [5.74, 6) is -1.47. The highest BCUT2D eigenvalue weighted by Crippen LogP contribution is 2.24. The van der Waals surface area contributed by atoms with Gasteiger partial charge in [-0.05, 0) is 18.6 Å². The molecule has 1 saturated heterocycles. The Balaban J connectivity index is 1.93. The second kappa shape index (κ2) is 5.13. The van der Waals surface area contributed by atoms with Crippen LogP contribution in [0.4, 0.5) is 19.3 Å². The van der Waals surface area contributed by atoms with Gasteiger partial charge in [0, 0.05) is 19.2 Å². The third kappa shape index (κ3) is 3.01. The SMILES string of the molecule is CCCC1(N)CN(C(=O)Nc2ccc(F)cc2F)C1. The number of likely N-dealkylation sites (tertiary alicyclic amines) is 1. The van der Waals surface area contributed by atoms with E-state index in [2.05, 4.69) is 5.32 Å². The number of urea groups is 1. The van der Waals surface area contributed by atoms with Gasteiger partial charge in [0.25, 0.3) is 0 Å². The van der Waals surface area contributed by atoms with Crippen molar-refractivity contribution in [3.63, 3.8) is 0 Å². The topological polar surface area (TPSA) is 58.4 Å². The summed E-state index contributed by atoms with van der Waals surface area (Å²) >= 11 is 0. The fourth-order valence-electron chi connectivity index (χ4n) is 2.30. The second-order valence-electron chi connectivity index (χ2n) is 5.02. The standard InChI is InChI=1S/C13H17F2N3O/c1-2-5-13(16)7-18(8-13)12(19)17-11-4-3-9(14)6-10(11)15/h3-4,6H,2,5,7-8,16H2,1H3,(H,17,19). The molecule has 0 radical (unpaired) electrons. The van der Waals surface area contributed by atoms with E-state index in [0.29, 0.717) is 13.1 Å². The summed E-state index contributed by atoms with van der Waals surface area (Å²) in [6.45, 7) is 2.94. The minimum absolute atomic E-state index is 0.0311. The molecule has 0 atom stereocenters. The molecule has 0 unspecified atom stereocenters. The van der Waals surface area contributed by atoms with Gasteiger partial charge >= 0.3 is 6.03 Å². The molecule has 0 saturated carbocycles. The zero-order chi connectivity index (χ0) is 14.0. The van der Waals surface area contributed by atoms with Crippen molar-refractivity contribution < 1.29 is 13.6 Å². The highest BCUT2D eigenvalue weighted by Gasteiger charge is 2.41. The first-order valence-corrected chi connectivity index (χ1v) is 6.23. The maximum absolute atomic E-state index is 13.4. The molecule has 3 N–H and O–H groups in total. The van der Waals surface area contributed by atoms with E-state index >= 15 is 0 Å². The van der Waals surface area contributed by atoms with Crippen LogP contribution in [0.25, 0.3) is 0 Å². The molecule has 2 amide bonds. The molecule has 4 nitrogen and oxygen atoms in total. The highest BCUT2D eigenvalue weighted by molar-refractivity contribution is 5.90. The van der Waals surface area contributed by atoms with E-state index in [9.17, 15) is 13.6 Å². The minimum Gasteiger partial charge on any atom is -0.322 e. The minimum atomic E-state index is -0.790. The van der Waals surface area contributed by atoms with Gasteiger partial charge < -0.3 is 16.0 Å². The van der Waals surface area contributed by atoms with Crippen LogP contribution in [-0.4, -0.2) is 29.6 Å². The number of anilines is 1. The molecule has 6 heteroatoms. The van der Waals surface area contributed by atoms with Gasteiger partial charge in [0.15, 0.2) is 0 Å². The number of nitrogens with zero attached hydrogens (tertiary/aromatic N) is 1. The Morgan fingerprint density at radius 2 is 2.16 bits per heavy atom. The molecule has 0 spiro atoms. The molecule has 1 aliphatic heterocycles. The summed E-state index contributed by atoms with van der Waals surface area (Å²) in [6.07, 6.45) is 1.81. The van der Waals surface area contributed by atoms with Crippen LogP contribution in [0, 0.1) is 11.6 Å². The molecule has 1 aromatic rings. The smallest absolute Gasteiger partial charge is 0.322 e. The second-order valence-corrected chi connectivity index (χ2v) is 5.02. The molecule has 104 valence electrons. The lowest BCUT2D eigenvalue weighted by Crippen LogP contribution is -2.69. The van der Waals surface area contributed by atoms with Gasteiger partial charge in [-0.3, -0.25) is 0 Å². The molecular weight excluding hydrogens is 252 g/mol. The average molecular weight is 269 g/mol. The molecule has 0 aromatic heterocycles. The van der Waals surface area contributed by atoms with Crippen molar-refractivity contribution in [2.45, 2.75) is 25.3 Å². The van der Waals surface area contributed by atoms with E-state index in [0.717, 1.165) is 25.0 Å². The van der Waals surface area contributed by atoms with Crippen LogP contribution in [0.1, 0.15) is 19.8 Å². The highest BCUT2D eigenvalue weighted by atomic mass is 19.1. The average Bonchev–Trinajstić information content (AvgIpc) is 2.29. The molecule has 2 rings (SSSR count). The fourth-order valence-corrected chi connectivity index (χ4v) is 2.30. The summed E-state index contributed by atoms with van der Waals surface area (Å²) < 4.78 is 26.1. The Morgan fingerprint density at radius 1 is 1.47 bits per heavy atom. The van der Waals surface area contributed by atoms with Crippen molar-refractivity contribution in [2.24, 2.45) is 5.73 Å². The number of halogens is 2. The van der Waals surface area contributed by atoms with Gasteiger partial charge in [-0.25, -0.2) is 13.6 Å². The van der Waals surface area contributed by atoms with Gasteiger partial charge in [0.2, 0.25) is 0 Å². The van der Waals surface area contributed by atoms with Crippen LogP contribution in [0.2, 0.25) is 0 Å². The van der Waals surface area contributed by atoms with Crippen molar-refractivity contribution in [1.29, 1.82) is 0 Å². The van der Waals surface area contributed by atoms with Crippen LogP contribution in [0.5, 0.6) is 0 Å². The van der Waals surface area contributed by atoms with E-state index in [-0.39, 0.29) is 11.2 Å². The van der Waals surface area contributed by atoms with Gasteiger partial charge in [0.05, 0.1) is 11.2 Å². The first kappa shape index (κ1) is 13.7. The number of benzene rings is 1. The zero-order valence-corrected chi connectivity index (χ0v) is 10.7. The molecule has 1 heterocycles. The molecule has 0 bridgehead atoms.